The molecule has 1 saturated heterocycles. The van der Waals surface area contributed by atoms with Gasteiger partial charge in [0, 0.05) is 57.3 Å². The molecule has 1 aromatic heterocycles. The Morgan fingerprint density at radius 1 is 0.609 bits per heavy atom. The number of benzene rings is 2. The van der Waals surface area contributed by atoms with Crippen LogP contribution in [0.3, 0.4) is 0 Å². The number of nitrogens with two attached hydrogens (primary N) is 3. The molecule has 2 heterocycles. The number of ether oxygens (including phenoxy) is 2. The number of nitrogens with one attached hydrogen (secondary N) is 9. The highest BCUT2D eigenvalue weighted by atomic mass is 19.4. The van der Waals surface area contributed by atoms with Gasteiger partial charge in [0.15, 0.2) is 5.96 Å². The number of aromatic hydroxyl groups is 1. The molecule has 1 aliphatic heterocycles. The average Bonchev–Trinajstić information content (AvgIpc) is 1.74. The number of aliphatic carboxylic acids is 6. The van der Waals surface area contributed by atoms with Crippen molar-refractivity contribution in [1.82, 2.24) is 57.4 Å². The highest BCUT2D eigenvalue weighted by Crippen LogP contribution is 2.23. The first kappa shape index (κ1) is 103. The Morgan fingerprint density at radius 2 is 1.09 bits per heavy atom. The lowest BCUT2D eigenvalue weighted by Crippen LogP contribution is -2.62. The third kappa shape index (κ3) is 43.2. The fourth-order valence-electron chi connectivity index (χ4n) is 9.15. The number of imidazole rings is 1. The molecule has 50 heteroatoms. The summed E-state index contributed by atoms with van der Waals surface area (Å²) in [4.78, 5) is 184. The average molecular weight is 1680 g/mol. The lowest BCUT2D eigenvalue weighted by molar-refractivity contribution is -0.193. The SMILES string of the molecule is CC[C@H](C)[C@H](NC(=O)[C@H](Cc1ccc(O)cc1)NC(=O)[C@@H](NC(=O)[C@H](CCCN=C(N)NC(=O)NCCOCCOCCN)NC(=O)[C@@H](N)CC(=O)O)C(C)C)C(=O)N[C@@H](Cc1cnc[nH]1)C(=O)N1CCC[C@H]1C(=O)N[C@@H](Cc1ccccc1)C(=O)O.O=C(O)C(F)(F)F.O=C(O)C(F)(F)F.O=C(O)C(F)(F)F.O=C(O)C(F)(F)F. The number of carboxylic acid groups (broad SMARTS) is 6. The van der Waals surface area contributed by atoms with Gasteiger partial charge in [-0.25, -0.2) is 33.8 Å². The number of guanidine groups is 1. The highest BCUT2D eigenvalue weighted by Gasteiger charge is 2.43. The molecule has 9 amide bonds. The number of hydrogen-bond acceptors (Lipinski definition) is 21. The summed E-state index contributed by atoms with van der Waals surface area (Å²) in [6, 6.07) is 2.85. The number of aromatic nitrogens is 2. The second-order valence-corrected chi connectivity index (χ2v) is 24.4. The van der Waals surface area contributed by atoms with E-state index in [4.69, 9.17) is 66.3 Å². The number of aliphatic imine (C=N–C) groups is 1. The Hall–Kier alpha value is -11.7. The molecule has 38 nitrogen and oxygen atoms in total. The van der Waals surface area contributed by atoms with Gasteiger partial charge in [0.1, 0.15) is 48.0 Å². The van der Waals surface area contributed by atoms with Gasteiger partial charge in [0.05, 0.1) is 45.2 Å². The van der Waals surface area contributed by atoms with Crippen LogP contribution in [0.15, 0.2) is 72.1 Å². The monoisotopic (exact) mass is 1680 g/mol. The van der Waals surface area contributed by atoms with E-state index in [1.165, 1.54) is 41.7 Å². The number of carbonyl (C=O) groups is 14. The van der Waals surface area contributed by atoms with Crippen LogP contribution in [0.4, 0.5) is 57.5 Å². The number of likely N-dealkylation sites (tertiary alicyclic amines) is 1. The van der Waals surface area contributed by atoms with Crippen LogP contribution in [0.2, 0.25) is 0 Å². The lowest BCUT2D eigenvalue weighted by Gasteiger charge is -2.32. The molecule has 0 aliphatic carbocycles. The van der Waals surface area contributed by atoms with Gasteiger partial charge in [0.2, 0.25) is 41.4 Å². The predicted molar refractivity (Wildman–Crippen MR) is 370 cm³/mol. The Balaban J connectivity index is 0.00000392. The van der Waals surface area contributed by atoms with Crippen molar-refractivity contribution in [3.8, 4) is 5.75 Å². The summed E-state index contributed by atoms with van der Waals surface area (Å²) >= 11 is 0. The van der Waals surface area contributed by atoms with E-state index in [2.05, 4.69) is 57.5 Å². The molecular weight excluding hydrogens is 1590 g/mol. The van der Waals surface area contributed by atoms with Crippen molar-refractivity contribution >= 4 is 89.2 Å². The molecule has 3 aromatic rings. The second kappa shape index (κ2) is 51.1. The number of alkyl halides is 12. The fourth-order valence-corrected chi connectivity index (χ4v) is 9.15. The summed E-state index contributed by atoms with van der Waals surface area (Å²) in [5.74, 6) is -21.1. The largest absolute Gasteiger partial charge is 0.508 e. The number of rotatable bonds is 37. The summed E-state index contributed by atoms with van der Waals surface area (Å²) in [6.07, 6.45) is -17.8. The van der Waals surface area contributed by atoms with Gasteiger partial charge in [-0.3, -0.25) is 48.7 Å². The summed E-state index contributed by atoms with van der Waals surface area (Å²) in [7, 11) is 0. The molecular formula is C65H89F12N15O23. The van der Waals surface area contributed by atoms with Crippen molar-refractivity contribution in [2.75, 3.05) is 52.6 Å². The minimum atomic E-state index is -5.08. The Labute approximate surface area is 644 Å². The normalized spacial score (nSPS) is 14.8. The maximum atomic E-state index is 14.7. The molecule has 646 valence electrons. The molecule has 0 radical (unpaired) electrons. The first-order valence-corrected chi connectivity index (χ1v) is 33.8. The van der Waals surface area contributed by atoms with Gasteiger partial charge in [-0.05, 0) is 60.8 Å². The van der Waals surface area contributed by atoms with Crippen molar-refractivity contribution in [2.45, 2.75) is 159 Å². The van der Waals surface area contributed by atoms with Crippen molar-refractivity contribution in [1.29, 1.82) is 0 Å². The predicted octanol–water partition coefficient (Wildman–Crippen LogP) is 0.551. The van der Waals surface area contributed by atoms with Gasteiger partial charge in [0.25, 0.3) is 0 Å². The van der Waals surface area contributed by atoms with Crippen LogP contribution in [0.25, 0.3) is 0 Å². The van der Waals surface area contributed by atoms with E-state index in [9.17, 15) is 116 Å². The topological polar surface area (TPSA) is 618 Å². The van der Waals surface area contributed by atoms with Gasteiger partial charge in [-0.15, -0.1) is 0 Å². The summed E-state index contributed by atoms with van der Waals surface area (Å²) < 4.78 is 138. The maximum Gasteiger partial charge on any atom is 0.490 e. The minimum absolute atomic E-state index is 0.0140. The van der Waals surface area contributed by atoms with Crippen LogP contribution in [0.5, 0.6) is 5.75 Å². The minimum Gasteiger partial charge on any atom is -0.508 e. The molecule has 115 heavy (non-hydrogen) atoms. The Morgan fingerprint density at radius 3 is 1.57 bits per heavy atom. The number of H-pyrrole nitrogens is 1. The fraction of sp³-hybridized carbons (Fsp3) is 0.538. The zero-order chi connectivity index (χ0) is 88.3. The standard InChI is InChI=1S/C57H85N15O15.4C2HF3O2/c1-5-34(4)47(53(81)67-42(29-37-31-61-32-64-37)54(82)72-22-10-14-44(72)51(79)68-43(55(83)84)28-35-11-7-6-8-12-35)70-50(78)41(27-36-15-17-38(73)18-16-36)66-52(80)46(33(2)3)69-49(77)40(65-48(76)39(59)30-45(74)75)13-9-20-62-56(60)71-57(85)63-21-24-87-26-25-86-23-19-58;4*3-2(4,5)1(6)7/h6-8,11-12,15-18,31-34,39-44,46-47,73H,5,9-10,13-14,19-30,58-59H2,1-4H3,(H,61,64)(H,65,76)(H,66,80)(H,67,81)(H,68,79)(H,69,77)(H,70,78)(H,74,75)(H,83,84)(H4,60,62,63,71,85);4*(H,6,7)/t34-,39-,40-,41-,42-,43-,44-,46-,47-;;;;/m0..../s1. The van der Waals surface area contributed by atoms with Crippen molar-refractivity contribution in [3.63, 3.8) is 0 Å². The van der Waals surface area contributed by atoms with Gasteiger partial charge >= 0.3 is 66.6 Å². The number of urea groups is 1. The van der Waals surface area contributed by atoms with Crippen LogP contribution in [0.1, 0.15) is 83.0 Å². The van der Waals surface area contributed by atoms with E-state index < -0.39 is 174 Å². The van der Waals surface area contributed by atoms with E-state index >= 15 is 0 Å². The second-order valence-electron chi connectivity index (χ2n) is 24.4. The summed E-state index contributed by atoms with van der Waals surface area (Å²) in [5.41, 5.74) is 18.7. The smallest absolute Gasteiger partial charge is 0.490 e. The quantitative estimate of drug-likeness (QED) is 0.0162. The van der Waals surface area contributed by atoms with E-state index in [0.717, 1.165) is 0 Å². The molecule has 4 rings (SSSR count). The number of carboxylic acids is 6. The van der Waals surface area contributed by atoms with E-state index in [0.29, 0.717) is 56.0 Å². The van der Waals surface area contributed by atoms with Gasteiger partial charge in [-0.2, -0.15) is 52.7 Å². The molecule has 0 saturated carbocycles. The van der Waals surface area contributed by atoms with Crippen LogP contribution < -0.4 is 59.7 Å². The van der Waals surface area contributed by atoms with E-state index in [1.807, 2.05) is 0 Å². The molecule has 0 unspecified atom stereocenters. The summed E-state index contributed by atoms with van der Waals surface area (Å²) in [5, 5.41) is 78.8. The number of carbonyl (C=O) groups excluding carboxylic acids is 8. The number of halogens is 12. The molecule has 9 atom stereocenters. The number of phenols is 1. The van der Waals surface area contributed by atoms with Crippen LogP contribution >= 0.6 is 0 Å². The zero-order valence-electron chi connectivity index (χ0n) is 61.4. The molecule has 0 spiro atoms. The lowest BCUT2D eigenvalue weighted by atomic mass is 9.96. The number of amides is 9. The first-order chi connectivity index (χ1) is 53.3. The highest BCUT2D eigenvalue weighted by molar-refractivity contribution is 5.99. The first-order valence-electron chi connectivity index (χ1n) is 33.8. The van der Waals surface area contributed by atoms with Crippen molar-refractivity contribution in [2.24, 2.45) is 34.0 Å². The number of phenolic OH excluding ortho intramolecular Hbond substituents is 1. The van der Waals surface area contributed by atoms with Crippen LogP contribution in [-0.2, 0) is 91.1 Å². The maximum absolute atomic E-state index is 14.7. The zero-order valence-corrected chi connectivity index (χ0v) is 61.4. The van der Waals surface area contributed by atoms with Gasteiger partial charge < -0.3 is 110 Å². The third-order valence-electron chi connectivity index (χ3n) is 15.1. The molecule has 2 aromatic carbocycles. The van der Waals surface area contributed by atoms with E-state index in [1.54, 1.807) is 58.0 Å². The summed E-state index contributed by atoms with van der Waals surface area (Å²) in [6.45, 7) is 8.40. The molecule has 1 fully saturated rings. The Kier molecular flexibility index (Phi) is 45.9. The third-order valence-corrected chi connectivity index (χ3v) is 15.1. The molecule has 22 N–H and O–H groups in total. The molecule has 1 aliphatic rings. The van der Waals surface area contributed by atoms with E-state index in [-0.39, 0.29) is 76.5 Å². The van der Waals surface area contributed by atoms with Crippen LogP contribution in [0, 0.1) is 11.8 Å². The molecule has 0 bridgehead atoms. The number of hydrogen-bond donors (Lipinski definition) is 19. The number of aromatic amines is 1. The van der Waals surface area contributed by atoms with Crippen molar-refractivity contribution in [3.05, 3.63) is 83.9 Å². The van der Waals surface area contributed by atoms with Crippen molar-refractivity contribution < 1.29 is 165 Å². The number of nitrogens with zero attached hydrogens (tertiary/aromatic N) is 3. The van der Waals surface area contributed by atoms with Gasteiger partial charge in [-0.1, -0.05) is 76.6 Å². The Bertz CT molecular complexity index is 3560. The van der Waals surface area contributed by atoms with Crippen LogP contribution in [-0.4, -0.2) is 265 Å².